The molecule has 0 radical (unpaired) electrons. The number of sulfonamides is 1. The normalized spacial score (nSPS) is 17.4. The van der Waals surface area contributed by atoms with E-state index in [1.54, 1.807) is 30.0 Å². The zero-order chi connectivity index (χ0) is 13.9. The number of nitrogens with one attached hydrogen (secondary N) is 1. The summed E-state index contributed by atoms with van der Waals surface area (Å²) in [6.07, 6.45) is 1.98. The zero-order valence-corrected chi connectivity index (χ0v) is 11.7. The SMILES string of the molecule is C[C@@H](NS(=O)(=O)c1ccccc1)C(=O)N1CCCC1. The summed E-state index contributed by atoms with van der Waals surface area (Å²) in [5.74, 6) is -0.156. The molecule has 0 saturated carbocycles. The summed E-state index contributed by atoms with van der Waals surface area (Å²) < 4.78 is 26.6. The van der Waals surface area contributed by atoms with Crippen molar-refractivity contribution in [1.82, 2.24) is 9.62 Å². The van der Waals surface area contributed by atoms with Crippen molar-refractivity contribution in [2.24, 2.45) is 0 Å². The van der Waals surface area contributed by atoms with Gasteiger partial charge in [0.15, 0.2) is 0 Å². The Morgan fingerprint density at radius 2 is 1.79 bits per heavy atom. The predicted octanol–water partition coefficient (Wildman–Crippen LogP) is 0.976. The minimum atomic E-state index is -3.63. The third kappa shape index (κ3) is 3.33. The smallest absolute Gasteiger partial charge is 0.241 e. The first kappa shape index (κ1) is 14.0. The molecular weight excluding hydrogens is 264 g/mol. The van der Waals surface area contributed by atoms with Crippen LogP contribution in [0.3, 0.4) is 0 Å². The molecule has 1 aromatic rings. The molecule has 1 aromatic carbocycles. The van der Waals surface area contributed by atoms with Gasteiger partial charge in [-0.05, 0) is 31.9 Å². The summed E-state index contributed by atoms with van der Waals surface area (Å²) in [5.41, 5.74) is 0. The summed E-state index contributed by atoms with van der Waals surface area (Å²) in [4.78, 5) is 13.9. The van der Waals surface area contributed by atoms with Gasteiger partial charge in [-0.25, -0.2) is 8.42 Å². The quantitative estimate of drug-likeness (QED) is 0.895. The molecule has 1 N–H and O–H groups in total. The molecule has 0 spiro atoms. The Kier molecular flexibility index (Phi) is 4.21. The van der Waals surface area contributed by atoms with Crippen LogP contribution in [0.15, 0.2) is 35.2 Å². The van der Waals surface area contributed by atoms with Crippen LogP contribution in [-0.2, 0) is 14.8 Å². The van der Waals surface area contributed by atoms with Crippen LogP contribution in [0.1, 0.15) is 19.8 Å². The van der Waals surface area contributed by atoms with Crippen LogP contribution < -0.4 is 4.72 Å². The van der Waals surface area contributed by atoms with Crippen molar-refractivity contribution in [3.8, 4) is 0 Å². The maximum atomic E-state index is 12.1. The van der Waals surface area contributed by atoms with Crippen molar-refractivity contribution >= 4 is 15.9 Å². The molecule has 1 aliphatic heterocycles. The summed E-state index contributed by atoms with van der Waals surface area (Å²) in [5, 5.41) is 0. The second-order valence-electron chi connectivity index (χ2n) is 4.69. The molecule has 1 atom stereocenters. The van der Waals surface area contributed by atoms with Gasteiger partial charge in [0.1, 0.15) is 0 Å². The van der Waals surface area contributed by atoms with E-state index in [4.69, 9.17) is 0 Å². The van der Waals surface area contributed by atoms with E-state index in [9.17, 15) is 13.2 Å². The van der Waals surface area contributed by atoms with Gasteiger partial charge in [0, 0.05) is 13.1 Å². The minimum Gasteiger partial charge on any atom is -0.341 e. The van der Waals surface area contributed by atoms with Gasteiger partial charge >= 0.3 is 0 Å². The third-order valence-corrected chi connectivity index (χ3v) is 4.73. The topological polar surface area (TPSA) is 66.5 Å². The van der Waals surface area contributed by atoms with E-state index in [0.29, 0.717) is 0 Å². The van der Waals surface area contributed by atoms with E-state index < -0.39 is 16.1 Å². The van der Waals surface area contributed by atoms with Crippen molar-refractivity contribution in [1.29, 1.82) is 0 Å². The molecule has 19 heavy (non-hydrogen) atoms. The molecule has 2 rings (SSSR count). The summed E-state index contributed by atoms with van der Waals surface area (Å²) in [7, 11) is -3.63. The summed E-state index contributed by atoms with van der Waals surface area (Å²) >= 11 is 0. The lowest BCUT2D eigenvalue weighted by molar-refractivity contribution is -0.131. The van der Waals surface area contributed by atoms with E-state index in [0.717, 1.165) is 25.9 Å². The fraction of sp³-hybridized carbons (Fsp3) is 0.462. The molecule has 6 heteroatoms. The first-order chi connectivity index (χ1) is 9.00. The van der Waals surface area contributed by atoms with Gasteiger partial charge in [-0.15, -0.1) is 0 Å². The second kappa shape index (κ2) is 5.71. The average molecular weight is 282 g/mol. The predicted molar refractivity (Wildman–Crippen MR) is 72.0 cm³/mol. The van der Waals surface area contributed by atoms with E-state index in [1.807, 2.05) is 0 Å². The highest BCUT2D eigenvalue weighted by Gasteiger charge is 2.27. The Bertz CT molecular complexity index is 536. The number of benzene rings is 1. The monoisotopic (exact) mass is 282 g/mol. The molecule has 1 amide bonds. The van der Waals surface area contributed by atoms with E-state index >= 15 is 0 Å². The largest absolute Gasteiger partial charge is 0.341 e. The first-order valence-corrected chi connectivity index (χ1v) is 7.85. The molecule has 0 bridgehead atoms. The number of carbonyl (C=O) groups is 1. The van der Waals surface area contributed by atoms with E-state index in [-0.39, 0.29) is 10.8 Å². The van der Waals surface area contributed by atoms with Crippen molar-refractivity contribution < 1.29 is 13.2 Å². The van der Waals surface area contributed by atoms with E-state index in [2.05, 4.69) is 4.72 Å². The maximum absolute atomic E-state index is 12.1. The summed E-state index contributed by atoms with van der Waals surface area (Å²) in [6, 6.07) is 7.34. The highest BCUT2D eigenvalue weighted by atomic mass is 32.2. The second-order valence-corrected chi connectivity index (χ2v) is 6.40. The van der Waals surface area contributed by atoms with Gasteiger partial charge in [-0.2, -0.15) is 4.72 Å². The van der Waals surface area contributed by atoms with Crippen molar-refractivity contribution in [2.75, 3.05) is 13.1 Å². The van der Waals surface area contributed by atoms with E-state index in [1.165, 1.54) is 12.1 Å². The Labute approximate surface area is 113 Å². The minimum absolute atomic E-state index is 0.156. The van der Waals surface area contributed by atoms with Gasteiger partial charge in [-0.1, -0.05) is 18.2 Å². The number of hydrogen-bond donors (Lipinski definition) is 1. The number of nitrogens with zero attached hydrogens (tertiary/aromatic N) is 1. The lowest BCUT2D eigenvalue weighted by Gasteiger charge is -2.21. The van der Waals surface area contributed by atoms with Crippen molar-refractivity contribution in [3.63, 3.8) is 0 Å². The number of amides is 1. The Morgan fingerprint density at radius 3 is 2.37 bits per heavy atom. The molecule has 104 valence electrons. The summed E-state index contributed by atoms with van der Waals surface area (Å²) in [6.45, 7) is 3.02. The molecule has 1 saturated heterocycles. The van der Waals surface area contributed by atoms with Crippen LogP contribution in [0.25, 0.3) is 0 Å². The number of rotatable bonds is 4. The lowest BCUT2D eigenvalue weighted by Crippen LogP contribution is -2.45. The molecule has 1 aliphatic rings. The van der Waals surface area contributed by atoms with Crippen LogP contribution >= 0.6 is 0 Å². The highest BCUT2D eigenvalue weighted by Crippen LogP contribution is 2.12. The molecule has 0 aromatic heterocycles. The van der Waals surface area contributed by atoms with Crippen LogP contribution in [0, 0.1) is 0 Å². The zero-order valence-electron chi connectivity index (χ0n) is 10.9. The van der Waals surface area contributed by atoms with Crippen LogP contribution in [0.5, 0.6) is 0 Å². The molecular formula is C13H18N2O3S. The fourth-order valence-electron chi connectivity index (χ4n) is 2.16. The number of carbonyl (C=O) groups excluding carboxylic acids is 1. The number of hydrogen-bond acceptors (Lipinski definition) is 3. The van der Waals surface area contributed by atoms with Gasteiger partial charge in [0.05, 0.1) is 10.9 Å². The average Bonchev–Trinajstić information content (AvgIpc) is 2.92. The lowest BCUT2D eigenvalue weighted by atomic mass is 10.3. The Balaban J connectivity index is 2.06. The molecule has 0 aliphatic carbocycles. The van der Waals surface area contributed by atoms with Crippen molar-refractivity contribution in [3.05, 3.63) is 30.3 Å². The molecule has 1 fully saturated rings. The van der Waals surface area contributed by atoms with Crippen LogP contribution in [0.4, 0.5) is 0 Å². The Hall–Kier alpha value is -1.40. The maximum Gasteiger partial charge on any atom is 0.241 e. The number of likely N-dealkylation sites (tertiary alicyclic amines) is 1. The van der Waals surface area contributed by atoms with Gasteiger partial charge < -0.3 is 4.90 Å². The highest BCUT2D eigenvalue weighted by molar-refractivity contribution is 7.89. The van der Waals surface area contributed by atoms with Crippen LogP contribution in [0.2, 0.25) is 0 Å². The van der Waals surface area contributed by atoms with Gasteiger partial charge in [0.25, 0.3) is 0 Å². The van der Waals surface area contributed by atoms with Crippen LogP contribution in [-0.4, -0.2) is 38.4 Å². The van der Waals surface area contributed by atoms with Crippen molar-refractivity contribution in [2.45, 2.75) is 30.7 Å². The van der Waals surface area contributed by atoms with Gasteiger partial charge in [0.2, 0.25) is 15.9 Å². The first-order valence-electron chi connectivity index (χ1n) is 6.37. The fourth-order valence-corrected chi connectivity index (χ4v) is 3.38. The van der Waals surface area contributed by atoms with Gasteiger partial charge in [-0.3, -0.25) is 4.79 Å². The standard InChI is InChI=1S/C13H18N2O3S/c1-11(13(16)15-9-5-6-10-15)14-19(17,18)12-7-3-2-4-8-12/h2-4,7-8,11,14H,5-6,9-10H2,1H3/t11-/m1/s1. The third-order valence-electron chi connectivity index (χ3n) is 3.17. The molecule has 1 heterocycles. The molecule has 5 nitrogen and oxygen atoms in total. The Morgan fingerprint density at radius 1 is 1.21 bits per heavy atom. The molecule has 0 unspecified atom stereocenters.